The molecule has 0 spiro atoms. The van der Waals surface area contributed by atoms with E-state index in [0.29, 0.717) is 12.2 Å². The van der Waals surface area contributed by atoms with Crippen LogP contribution in [0.5, 0.6) is 0 Å². The maximum absolute atomic E-state index is 11.3. The van der Waals surface area contributed by atoms with Gasteiger partial charge < -0.3 is 43.8 Å². The summed E-state index contributed by atoms with van der Waals surface area (Å²) in [5.74, 6) is 0.338. The second-order valence-corrected chi connectivity index (χ2v) is 13.9. The number of carbonyl (C=O) groups is 1. The fraction of sp³-hybridized carbons (Fsp3) is 0.920. The van der Waals surface area contributed by atoms with Crippen molar-refractivity contribution in [1.29, 1.82) is 0 Å². The largest absolute Gasteiger partial charge is 0.779 e. The average Bonchev–Trinajstić information content (AvgIpc) is 2.59. The Labute approximate surface area is 265 Å². The summed E-state index contributed by atoms with van der Waals surface area (Å²) < 4.78 is 33.4. The van der Waals surface area contributed by atoms with E-state index in [-0.39, 0.29) is 67.8 Å². The number of ketones is 1. The number of nitrogens with zero attached hydrogens (tertiary/aromatic N) is 2. The van der Waals surface area contributed by atoms with Gasteiger partial charge in [-0.25, -0.2) is 0 Å². The molecule has 10 nitrogen and oxygen atoms in total. The molecule has 0 aliphatic heterocycles. The first kappa shape index (κ1) is 66.9. The smallest absolute Gasteiger partial charge is 0.267 e. The average molecular weight is 677 g/mol. The number of rotatable bonds is 7. The van der Waals surface area contributed by atoms with E-state index in [1.165, 1.54) is 0 Å². The predicted octanol–water partition coefficient (Wildman–Crippen LogP) is 5.36. The van der Waals surface area contributed by atoms with Gasteiger partial charge in [0.25, 0.3) is 7.82 Å². The minimum atomic E-state index is -3.90. The van der Waals surface area contributed by atoms with Crippen LogP contribution in [0.2, 0.25) is 0 Å². The Morgan fingerprint density at radius 2 is 1.00 bits per heavy atom. The fourth-order valence-corrected chi connectivity index (χ4v) is 0.920. The van der Waals surface area contributed by atoms with Gasteiger partial charge in [0, 0.05) is 66.1 Å². The Kier molecular flexibility index (Phi) is 57.2. The van der Waals surface area contributed by atoms with Crippen molar-refractivity contribution in [3.63, 3.8) is 0 Å². The van der Waals surface area contributed by atoms with Gasteiger partial charge in [0.2, 0.25) is 0 Å². The monoisotopic (exact) mass is 676 g/mol. The van der Waals surface area contributed by atoms with Crippen molar-refractivity contribution in [1.82, 2.24) is 0 Å². The molecule has 0 amide bonds. The topological polar surface area (TPSA) is 125 Å². The third kappa shape index (κ3) is 99.1. The van der Waals surface area contributed by atoms with Crippen molar-refractivity contribution in [3.05, 3.63) is 6.92 Å². The molecular weight excluding hydrogens is 607 g/mol. The van der Waals surface area contributed by atoms with Crippen LogP contribution in [-0.2, 0) is 60.2 Å². The molecule has 0 aromatic rings. The third-order valence-corrected chi connectivity index (χ3v) is 4.38. The molecule has 1 unspecified atom stereocenters. The van der Waals surface area contributed by atoms with Crippen LogP contribution >= 0.6 is 15.4 Å². The van der Waals surface area contributed by atoms with Crippen LogP contribution in [0.4, 0.5) is 0 Å². The number of hydrogen-bond acceptors (Lipinski definition) is 8. The van der Waals surface area contributed by atoms with Crippen LogP contribution in [0.3, 0.4) is 0 Å². The molecule has 0 saturated carbocycles. The van der Waals surface area contributed by atoms with E-state index in [1.54, 1.807) is 0 Å². The zero-order valence-corrected chi connectivity index (χ0v) is 29.1. The van der Waals surface area contributed by atoms with Crippen LogP contribution < -0.4 is 9.79 Å². The van der Waals surface area contributed by atoms with Crippen molar-refractivity contribution in [2.24, 2.45) is 5.41 Å². The van der Waals surface area contributed by atoms with E-state index in [4.69, 9.17) is 0 Å². The van der Waals surface area contributed by atoms with Crippen LogP contribution in [-0.4, -0.2) is 99.1 Å². The van der Waals surface area contributed by atoms with Gasteiger partial charge in [-0.05, 0) is 12.8 Å². The maximum Gasteiger partial charge on any atom is 0.267 e. The summed E-state index contributed by atoms with van der Waals surface area (Å²) in [7, 11) is 12.9. The van der Waals surface area contributed by atoms with E-state index in [1.807, 2.05) is 20.8 Å². The summed E-state index contributed by atoms with van der Waals surface area (Å²) >= 11 is 0. The minimum absolute atomic E-state index is 0. The molecule has 0 heterocycles. The third-order valence-electron chi connectivity index (χ3n) is 2.82. The van der Waals surface area contributed by atoms with Gasteiger partial charge in [-0.2, -0.15) is 6.42 Å². The van der Waals surface area contributed by atoms with Crippen molar-refractivity contribution >= 4 is 21.2 Å². The van der Waals surface area contributed by atoms with Gasteiger partial charge in [-0.15, -0.1) is 0 Å². The van der Waals surface area contributed by atoms with Gasteiger partial charge in [0.1, 0.15) is 13.4 Å². The van der Waals surface area contributed by atoms with Crippen molar-refractivity contribution in [2.45, 2.75) is 69.7 Å². The van der Waals surface area contributed by atoms with E-state index < -0.39 is 15.4 Å². The second kappa shape index (κ2) is 32.5. The number of Topliss-reactive ketones (excluding diaryl/α,β-unsaturated/α-hetero) is 1. The SMILES string of the molecule is C.C.C.C.COP(=O)([O-])OC.COP(C)(=O)[O-].C[N+](C)(C)C.C[N+](C)(C)C.[CH2-]CCC(=O)C(C)(C)CC.[Y]. The molecule has 38 heavy (non-hydrogen) atoms. The first-order valence-corrected chi connectivity index (χ1v) is 13.8. The number of phosphoric acid groups is 1. The Hall–Kier alpha value is 0.954. The predicted molar refractivity (Wildman–Crippen MR) is 161 cm³/mol. The van der Waals surface area contributed by atoms with E-state index in [9.17, 15) is 23.7 Å². The summed E-state index contributed by atoms with van der Waals surface area (Å²) in [6, 6.07) is 0. The maximum atomic E-state index is 11.3. The fourth-order valence-electron chi connectivity index (χ4n) is 0.771. The van der Waals surface area contributed by atoms with E-state index >= 15 is 0 Å². The van der Waals surface area contributed by atoms with Gasteiger partial charge in [-0.1, -0.05) is 50.5 Å². The zero-order chi connectivity index (χ0) is 28.3. The Morgan fingerprint density at radius 3 is 1.08 bits per heavy atom. The Morgan fingerprint density at radius 1 is 0.789 bits per heavy atom. The number of carbonyl (C=O) groups excluding carboxylic acids is 1. The van der Waals surface area contributed by atoms with Gasteiger partial charge in [0.05, 0.1) is 56.4 Å². The first-order valence-electron chi connectivity index (χ1n) is 10.4. The van der Waals surface area contributed by atoms with Gasteiger partial charge >= 0.3 is 0 Å². The Balaban J connectivity index is -0.0000000320. The van der Waals surface area contributed by atoms with Crippen molar-refractivity contribution in [2.75, 3.05) is 84.4 Å². The molecule has 13 heteroatoms. The zero-order valence-electron chi connectivity index (χ0n) is 24.5. The van der Waals surface area contributed by atoms with E-state index in [2.05, 4.69) is 76.9 Å². The second-order valence-electron chi connectivity index (χ2n) is 10.4. The van der Waals surface area contributed by atoms with Crippen LogP contribution in [0.1, 0.15) is 69.7 Å². The summed E-state index contributed by atoms with van der Waals surface area (Å²) in [6.45, 7) is 10.7. The number of hydrogen-bond donors (Lipinski definition) is 0. The molecule has 0 bridgehead atoms. The first-order chi connectivity index (χ1) is 14.2. The van der Waals surface area contributed by atoms with Gasteiger partial charge in [0.15, 0.2) is 0 Å². The summed E-state index contributed by atoms with van der Waals surface area (Å²) in [5.41, 5.74) is -0.127. The minimum Gasteiger partial charge on any atom is -0.779 e. The standard InChI is InChI=1S/C9H17O.2C4H12N.C2H7O4P.C2H7O3P.4CH4.Y/c1-5-7-8(10)9(3,4)6-2;2*1-5(2,3)4;1-5-7(3,4)6-2;1-5-6(2,3)4;;;;;/h1,5-7H2,2-4H3;2*1-4H3;1-2H3,(H,3,4);1-2H3,(H,3,4);4*1H4;/q-1;2*+1;;;;;;;/p-2. The normalized spacial score (nSPS) is 11.5. The molecule has 0 rings (SSSR count). The molecular formula is C25H69N2O8P2Y-. The molecule has 1 radical (unpaired) electrons. The van der Waals surface area contributed by atoms with Gasteiger partial charge in [-0.3, -0.25) is 9.36 Å². The number of phosphoric ester groups is 1. The van der Waals surface area contributed by atoms with Crippen molar-refractivity contribution in [3.8, 4) is 0 Å². The molecule has 241 valence electrons. The molecule has 1 atom stereocenters. The quantitative estimate of drug-likeness (QED) is 0.201. The summed E-state index contributed by atoms with van der Waals surface area (Å²) in [6.07, 6.45) is 2.27. The number of quaternary nitrogens is 2. The molecule has 0 aliphatic rings. The van der Waals surface area contributed by atoms with E-state index in [0.717, 1.165) is 49.8 Å². The van der Waals surface area contributed by atoms with Crippen molar-refractivity contribution < 1.29 is 79.0 Å². The molecule has 0 saturated heterocycles. The molecule has 0 N–H and O–H groups in total. The molecule has 0 aromatic heterocycles. The van der Waals surface area contributed by atoms with Crippen LogP contribution in [0, 0.1) is 12.3 Å². The van der Waals surface area contributed by atoms with Crippen LogP contribution in [0.15, 0.2) is 0 Å². The summed E-state index contributed by atoms with van der Waals surface area (Å²) in [4.78, 5) is 31.0. The van der Waals surface area contributed by atoms with Crippen LogP contribution in [0.25, 0.3) is 0 Å². The Bertz CT molecular complexity index is 543. The molecule has 0 aromatic carbocycles. The molecule has 0 fully saturated rings. The summed E-state index contributed by atoms with van der Waals surface area (Å²) in [5, 5.41) is 0. The molecule has 0 aliphatic carbocycles.